The lowest BCUT2D eigenvalue weighted by atomic mass is 10.2. The van der Waals surface area contributed by atoms with Crippen molar-refractivity contribution >= 4 is 5.82 Å². The van der Waals surface area contributed by atoms with Gasteiger partial charge in [0, 0.05) is 18.3 Å². The minimum atomic E-state index is 0.273. The van der Waals surface area contributed by atoms with E-state index in [1.807, 2.05) is 12.1 Å². The molecule has 0 saturated carbocycles. The van der Waals surface area contributed by atoms with E-state index in [9.17, 15) is 0 Å². The fourth-order valence-electron chi connectivity index (χ4n) is 1.43. The summed E-state index contributed by atoms with van der Waals surface area (Å²) in [5.41, 5.74) is 2.11. The van der Waals surface area contributed by atoms with Crippen LogP contribution in [0, 0.1) is 23.2 Å². The van der Waals surface area contributed by atoms with Gasteiger partial charge < -0.3 is 5.32 Å². The Hall–Kier alpha value is -2.00. The molecule has 1 aliphatic heterocycles. The third-order valence-electron chi connectivity index (χ3n) is 2.05. The molecule has 3 nitrogen and oxygen atoms in total. The molecule has 2 heterocycles. The van der Waals surface area contributed by atoms with Gasteiger partial charge in [0.2, 0.25) is 0 Å². The maximum Gasteiger partial charge on any atom is 0.129 e. The highest BCUT2D eigenvalue weighted by atomic mass is 15.0. The summed E-state index contributed by atoms with van der Waals surface area (Å²) in [6.07, 6.45) is 3.02. The molecule has 0 unspecified atom stereocenters. The Kier molecular flexibility index (Phi) is 2.34. The number of aromatic nitrogens is 1. The van der Waals surface area contributed by atoms with Crippen molar-refractivity contribution in [2.75, 3.05) is 11.9 Å². The molecule has 0 aliphatic carbocycles. The Morgan fingerprint density at radius 3 is 3.36 bits per heavy atom. The van der Waals surface area contributed by atoms with Gasteiger partial charge in [-0.1, -0.05) is 11.8 Å². The van der Waals surface area contributed by atoms with Crippen LogP contribution in [-0.4, -0.2) is 11.5 Å². The number of fused-ring (bicyclic) bond motifs is 1. The Labute approximate surface area is 82.8 Å². The largest absolute Gasteiger partial charge is 0.370 e. The number of pyridine rings is 1. The van der Waals surface area contributed by atoms with Gasteiger partial charge in [0.15, 0.2) is 0 Å². The van der Waals surface area contributed by atoms with E-state index >= 15 is 0 Å². The van der Waals surface area contributed by atoms with Crippen molar-refractivity contribution in [3.63, 3.8) is 0 Å². The molecular weight excluding hydrogens is 174 g/mol. The maximum absolute atomic E-state index is 8.32. The third kappa shape index (κ3) is 1.67. The highest BCUT2D eigenvalue weighted by Crippen LogP contribution is 2.19. The van der Waals surface area contributed by atoms with Gasteiger partial charge >= 0.3 is 0 Å². The van der Waals surface area contributed by atoms with Gasteiger partial charge in [-0.25, -0.2) is 4.98 Å². The Balaban J connectivity index is 2.23. The van der Waals surface area contributed by atoms with E-state index in [2.05, 4.69) is 22.1 Å². The summed E-state index contributed by atoms with van der Waals surface area (Å²) in [5.74, 6) is 6.65. The minimum absolute atomic E-state index is 0.273. The van der Waals surface area contributed by atoms with Crippen molar-refractivity contribution in [1.29, 1.82) is 5.26 Å². The van der Waals surface area contributed by atoms with Crippen LogP contribution in [-0.2, 0) is 6.42 Å². The molecule has 3 heteroatoms. The second-order valence-electron chi connectivity index (χ2n) is 3.05. The van der Waals surface area contributed by atoms with Crippen LogP contribution in [0.25, 0.3) is 0 Å². The molecule has 0 radical (unpaired) electrons. The molecule has 68 valence electrons. The van der Waals surface area contributed by atoms with Crippen molar-refractivity contribution in [3.8, 4) is 17.9 Å². The molecule has 0 spiro atoms. The lowest BCUT2D eigenvalue weighted by Gasteiger charge is -1.97. The van der Waals surface area contributed by atoms with Crippen molar-refractivity contribution in [3.05, 3.63) is 23.4 Å². The van der Waals surface area contributed by atoms with E-state index in [-0.39, 0.29) is 6.42 Å². The van der Waals surface area contributed by atoms with Gasteiger partial charge in [0.05, 0.1) is 12.5 Å². The summed E-state index contributed by atoms with van der Waals surface area (Å²) in [7, 11) is 0. The van der Waals surface area contributed by atoms with Gasteiger partial charge in [0.25, 0.3) is 0 Å². The Morgan fingerprint density at radius 2 is 2.50 bits per heavy atom. The summed E-state index contributed by atoms with van der Waals surface area (Å²) in [5, 5.41) is 11.5. The number of rotatable bonds is 0. The quantitative estimate of drug-likeness (QED) is 0.617. The van der Waals surface area contributed by atoms with E-state index < -0.39 is 0 Å². The number of hydrogen-bond acceptors (Lipinski definition) is 3. The Morgan fingerprint density at radius 1 is 1.57 bits per heavy atom. The molecular formula is C11H9N3. The SMILES string of the molecule is N#CCC#Cc1cnc2c(c1)CCN2. The number of hydrogen-bond donors (Lipinski definition) is 1. The molecule has 0 saturated heterocycles. The first-order valence-corrected chi connectivity index (χ1v) is 4.49. The van der Waals surface area contributed by atoms with Crippen molar-refractivity contribution in [2.24, 2.45) is 0 Å². The van der Waals surface area contributed by atoms with E-state index in [4.69, 9.17) is 5.26 Å². The molecule has 14 heavy (non-hydrogen) atoms. The van der Waals surface area contributed by atoms with Crippen LogP contribution >= 0.6 is 0 Å². The van der Waals surface area contributed by atoms with Crippen LogP contribution in [0.5, 0.6) is 0 Å². The lowest BCUT2D eigenvalue weighted by Crippen LogP contribution is -1.92. The van der Waals surface area contributed by atoms with Crippen LogP contribution in [0.1, 0.15) is 17.5 Å². The van der Waals surface area contributed by atoms with Gasteiger partial charge in [-0.3, -0.25) is 0 Å². The summed E-state index contributed by atoms with van der Waals surface area (Å²) >= 11 is 0. The summed E-state index contributed by atoms with van der Waals surface area (Å²) in [6, 6.07) is 4.02. The zero-order chi connectivity index (χ0) is 9.80. The summed E-state index contributed by atoms with van der Waals surface area (Å²) < 4.78 is 0. The first-order chi connectivity index (χ1) is 6.90. The fraction of sp³-hybridized carbons (Fsp3) is 0.273. The maximum atomic E-state index is 8.32. The monoisotopic (exact) mass is 183 g/mol. The molecule has 1 aliphatic rings. The van der Waals surface area contributed by atoms with E-state index in [0.717, 1.165) is 24.3 Å². The first kappa shape index (κ1) is 8.59. The summed E-state index contributed by atoms with van der Waals surface area (Å²) in [6.45, 7) is 0.956. The second-order valence-corrected chi connectivity index (χ2v) is 3.05. The number of nitriles is 1. The molecule has 1 aromatic heterocycles. The van der Waals surface area contributed by atoms with E-state index in [1.54, 1.807) is 6.20 Å². The molecule has 2 rings (SSSR count). The average molecular weight is 183 g/mol. The normalized spacial score (nSPS) is 11.9. The third-order valence-corrected chi connectivity index (χ3v) is 2.05. The van der Waals surface area contributed by atoms with Gasteiger partial charge in [-0.15, -0.1) is 0 Å². The van der Waals surface area contributed by atoms with Crippen molar-refractivity contribution < 1.29 is 0 Å². The van der Waals surface area contributed by atoms with Crippen molar-refractivity contribution in [1.82, 2.24) is 4.98 Å². The Bertz CT molecular complexity index is 446. The predicted molar refractivity (Wildman–Crippen MR) is 53.5 cm³/mol. The van der Waals surface area contributed by atoms with E-state index in [0.29, 0.717) is 0 Å². The first-order valence-electron chi connectivity index (χ1n) is 4.49. The zero-order valence-electron chi connectivity index (χ0n) is 7.67. The van der Waals surface area contributed by atoms with Crippen LogP contribution in [0.4, 0.5) is 5.82 Å². The average Bonchev–Trinajstić information content (AvgIpc) is 2.65. The van der Waals surface area contributed by atoms with Crippen LogP contribution in [0.15, 0.2) is 12.3 Å². The van der Waals surface area contributed by atoms with Crippen LogP contribution in [0.3, 0.4) is 0 Å². The molecule has 0 bridgehead atoms. The molecule has 0 amide bonds. The van der Waals surface area contributed by atoms with Gasteiger partial charge in [-0.05, 0) is 18.1 Å². The molecule has 0 aromatic carbocycles. The fourth-order valence-corrected chi connectivity index (χ4v) is 1.43. The molecule has 1 N–H and O–H groups in total. The number of nitrogens with one attached hydrogen (secondary N) is 1. The number of anilines is 1. The van der Waals surface area contributed by atoms with Crippen molar-refractivity contribution in [2.45, 2.75) is 12.8 Å². The summed E-state index contributed by atoms with van der Waals surface area (Å²) in [4.78, 5) is 4.24. The minimum Gasteiger partial charge on any atom is -0.370 e. The molecule has 0 atom stereocenters. The zero-order valence-corrected chi connectivity index (χ0v) is 7.67. The topological polar surface area (TPSA) is 48.7 Å². The predicted octanol–water partition coefficient (Wildman–Crippen LogP) is 1.31. The smallest absolute Gasteiger partial charge is 0.129 e. The molecule has 0 fully saturated rings. The molecule has 1 aromatic rings. The van der Waals surface area contributed by atoms with Gasteiger partial charge in [-0.2, -0.15) is 5.26 Å². The van der Waals surface area contributed by atoms with E-state index in [1.165, 1.54) is 5.56 Å². The highest BCUT2D eigenvalue weighted by Gasteiger charge is 2.10. The van der Waals surface area contributed by atoms with Crippen LogP contribution < -0.4 is 5.32 Å². The second kappa shape index (κ2) is 3.81. The standard InChI is InChI=1S/C11H9N3/c12-5-2-1-3-9-7-10-4-6-13-11(10)14-8-9/h7-8H,2,4,6H2,(H,13,14). The van der Waals surface area contributed by atoms with Gasteiger partial charge in [0.1, 0.15) is 5.82 Å². The van der Waals surface area contributed by atoms with Crippen LogP contribution in [0.2, 0.25) is 0 Å². The highest BCUT2D eigenvalue weighted by molar-refractivity contribution is 5.52. The lowest BCUT2D eigenvalue weighted by molar-refractivity contribution is 1.11. The number of nitrogens with zero attached hydrogens (tertiary/aromatic N) is 2.